The van der Waals surface area contributed by atoms with Crippen molar-refractivity contribution in [2.24, 2.45) is 0 Å². The first-order chi connectivity index (χ1) is 8.90. The average molecular weight is 259 g/mol. The van der Waals surface area contributed by atoms with Crippen LogP contribution in [0.15, 0.2) is 24.3 Å². The molecule has 2 heterocycles. The minimum Gasteiger partial charge on any atom is -0.488 e. The summed E-state index contributed by atoms with van der Waals surface area (Å²) in [6.45, 7) is 4.00. The number of benzene rings is 1. The van der Waals surface area contributed by atoms with E-state index >= 15 is 0 Å². The Balaban J connectivity index is 2.14. The lowest BCUT2D eigenvalue weighted by Crippen LogP contribution is -2.53. The third-order valence-electron chi connectivity index (χ3n) is 3.89. The smallest absolute Gasteiger partial charge is 0.227 e. The van der Waals surface area contributed by atoms with Gasteiger partial charge in [-0.25, -0.2) is 0 Å². The van der Waals surface area contributed by atoms with Crippen LogP contribution >= 0.6 is 0 Å². The van der Waals surface area contributed by atoms with Gasteiger partial charge >= 0.3 is 0 Å². The molecule has 0 saturated carbocycles. The Bertz CT molecular complexity index is 546. The molecule has 0 radical (unpaired) electrons. The maximum atomic E-state index is 11.8. The minimum absolute atomic E-state index is 0.191. The molecule has 0 bridgehead atoms. The molecule has 1 N–H and O–H groups in total. The predicted octanol–water partition coefficient (Wildman–Crippen LogP) is 1.92. The number of para-hydroxylation sites is 1. The molecule has 0 aromatic heterocycles. The van der Waals surface area contributed by atoms with Gasteiger partial charge in [-0.2, -0.15) is 0 Å². The summed E-state index contributed by atoms with van der Waals surface area (Å²) in [5, 5.41) is 2.39. The van der Waals surface area contributed by atoms with Crippen molar-refractivity contribution >= 4 is 11.8 Å². The van der Waals surface area contributed by atoms with Gasteiger partial charge in [-0.15, -0.1) is 0 Å². The van der Waals surface area contributed by atoms with Gasteiger partial charge in [0.15, 0.2) is 0 Å². The molecular formula is C15H17NO3. The molecule has 2 amide bonds. The van der Waals surface area contributed by atoms with Crippen LogP contribution in [0.4, 0.5) is 0 Å². The molecule has 1 spiro atoms. The van der Waals surface area contributed by atoms with Crippen LogP contribution in [-0.2, 0) is 15.0 Å². The zero-order chi connectivity index (χ0) is 13.7. The number of carbonyl (C=O) groups is 2. The van der Waals surface area contributed by atoms with E-state index in [0.29, 0.717) is 19.3 Å². The quantitative estimate of drug-likeness (QED) is 0.724. The highest BCUT2D eigenvalue weighted by molar-refractivity contribution is 5.99. The number of hydrogen-bond acceptors (Lipinski definition) is 3. The van der Waals surface area contributed by atoms with Gasteiger partial charge in [0.2, 0.25) is 11.8 Å². The Kier molecular flexibility index (Phi) is 2.46. The SMILES string of the molecule is CC1(C)CC2(CC(=O)NC(=O)C2)c2ccccc2O1. The number of rotatable bonds is 0. The van der Waals surface area contributed by atoms with E-state index in [1.54, 1.807) is 0 Å². The summed E-state index contributed by atoms with van der Waals surface area (Å²) in [7, 11) is 0. The van der Waals surface area contributed by atoms with Gasteiger partial charge in [-0.1, -0.05) is 18.2 Å². The summed E-state index contributed by atoms with van der Waals surface area (Å²) in [5.41, 5.74) is 0.196. The van der Waals surface area contributed by atoms with E-state index in [9.17, 15) is 9.59 Å². The van der Waals surface area contributed by atoms with Crippen LogP contribution in [0.25, 0.3) is 0 Å². The molecule has 4 nitrogen and oxygen atoms in total. The first-order valence-electron chi connectivity index (χ1n) is 6.52. The highest BCUT2D eigenvalue weighted by Crippen LogP contribution is 2.49. The van der Waals surface area contributed by atoms with Crippen LogP contribution < -0.4 is 10.1 Å². The number of nitrogens with one attached hydrogen (secondary N) is 1. The summed E-state index contributed by atoms with van der Waals surface area (Å²) in [5.74, 6) is 0.411. The van der Waals surface area contributed by atoms with Gasteiger partial charge in [0.25, 0.3) is 0 Å². The topological polar surface area (TPSA) is 55.4 Å². The van der Waals surface area contributed by atoms with E-state index < -0.39 is 5.41 Å². The van der Waals surface area contributed by atoms with Crippen molar-refractivity contribution in [1.82, 2.24) is 5.32 Å². The van der Waals surface area contributed by atoms with E-state index in [1.165, 1.54) is 0 Å². The van der Waals surface area contributed by atoms with Crippen molar-refractivity contribution in [1.29, 1.82) is 0 Å². The summed E-state index contributed by atoms with van der Waals surface area (Å²) in [4.78, 5) is 23.6. The Hall–Kier alpha value is -1.84. The van der Waals surface area contributed by atoms with E-state index in [0.717, 1.165) is 11.3 Å². The summed E-state index contributed by atoms with van der Waals surface area (Å²) in [6, 6.07) is 7.73. The molecule has 0 aliphatic carbocycles. The third-order valence-corrected chi connectivity index (χ3v) is 3.89. The molecule has 0 atom stereocenters. The molecule has 1 aromatic rings. The lowest BCUT2D eigenvalue weighted by molar-refractivity contribution is -0.137. The summed E-state index contributed by atoms with van der Waals surface area (Å²) in [6.07, 6.45) is 1.38. The average Bonchev–Trinajstić information content (AvgIpc) is 2.25. The molecule has 3 rings (SSSR count). The number of hydrogen-bond donors (Lipinski definition) is 1. The molecule has 100 valence electrons. The lowest BCUT2D eigenvalue weighted by Gasteiger charge is -2.47. The second-order valence-corrected chi connectivity index (χ2v) is 6.14. The van der Waals surface area contributed by atoms with Crippen LogP contribution in [-0.4, -0.2) is 17.4 Å². The van der Waals surface area contributed by atoms with Gasteiger partial charge < -0.3 is 4.74 Å². The van der Waals surface area contributed by atoms with Crippen LogP contribution in [0.1, 0.15) is 38.7 Å². The van der Waals surface area contributed by atoms with Crippen LogP contribution in [0, 0.1) is 0 Å². The highest BCUT2D eigenvalue weighted by atomic mass is 16.5. The van der Waals surface area contributed by atoms with E-state index in [2.05, 4.69) is 5.32 Å². The molecule has 0 unspecified atom stereocenters. The maximum Gasteiger partial charge on any atom is 0.227 e. The predicted molar refractivity (Wildman–Crippen MR) is 69.8 cm³/mol. The second kappa shape index (κ2) is 3.83. The molecular weight excluding hydrogens is 242 g/mol. The van der Waals surface area contributed by atoms with Crippen LogP contribution in [0.2, 0.25) is 0 Å². The Morgan fingerprint density at radius 2 is 1.74 bits per heavy atom. The number of piperidine rings is 1. The second-order valence-electron chi connectivity index (χ2n) is 6.14. The molecule has 2 aliphatic heterocycles. The van der Waals surface area contributed by atoms with Crippen molar-refractivity contribution in [2.75, 3.05) is 0 Å². The zero-order valence-corrected chi connectivity index (χ0v) is 11.2. The normalized spacial score (nSPS) is 23.5. The third kappa shape index (κ3) is 2.01. The number of carbonyl (C=O) groups excluding carboxylic acids is 2. The van der Waals surface area contributed by atoms with Crippen molar-refractivity contribution in [3.63, 3.8) is 0 Å². The number of amides is 2. The minimum atomic E-state index is -0.419. The first kappa shape index (κ1) is 12.2. The van der Waals surface area contributed by atoms with Gasteiger partial charge in [0.1, 0.15) is 11.4 Å². The van der Waals surface area contributed by atoms with Crippen molar-refractivity contribution in [2.45, 2.75) is 44.1 Å². The largest absolute Gasteiger partial charge is 0.488 e. The number of ether oxygens (including phenoxy) is 1. The van der Waals surface area contributed by atoms with E-state index in [-0.39, 0.29) is 17.4 Å². The lowest BCUT2D eigenvalue weighted by atomic mass is 9.65. The Morgan fingerprint density at radius 1 is 1.11 bits per heavy atom. The summed E-state index contributed by atoms with van der Waals surface area (Å²) < 4.78 is 5.97. The number of imide groups is 1. The zero-order valence-electron chi connectivity index (χ0n) is 11.2. The van der Waals surface area contributed by atoms with Crippen molar-refractivity contribution in [3.05, 3.63) is 29.8 Å². The molecule has 4 heteroatoms. The summed E-state index contributed by atoms with van der Waals surface area (Å²) >= 11 is 0. The Morgan fingerprint density at radius 3 is 2.42 bits per heavy atom. The van der Waals surface area contributed by atoms with Crippen molar-refractivity contribution in [3.8, 4) is 5.75 Å². The molecule has 1 fully saturated rings. The number of fused-ring (bicyclic) bond motifs is 2. The van der Waals surface area contributed by atoms with E-state index in [4.69, 9.17) is 4.74 Å². The van der Waals surface area contributed by atoms with E-state index in [1.807, 2.05) is 38.1 Å². The fourth-order valence-electron chi connectivity index (χ4n) is 3.47. The molecule has 1 aromatic carbocycles. The van der Waals surface area contributed by atoms with Gasteiger partial charge in [0, 0.05) is 23.8 Å². The van der Waals surface area contributed by atoms with Gasteiger partial charge in [-0.3, -0.25) is 14.9 Å². The van der Waals surface area contributed by atoms with Gasteiger partial charge in [0.05, 0.1) is 0 Å². The standard InChI is InChI=1S/C15H17NO3/c1-14(2)9-15(7-12(17)16-13(18)8-15)10-5-3-4-6-11(10)19-14/h3-6H,7-9H2,1-2H3,(H,16,17,18). The highest BCUT2D eigenvalue weighted by Gasteiger charge is 2.49. The first-order valence-corrected chi connectivity index (χ1v) is 6.52. The molecule has 2 aliphatic rings. The Labute approximate surface area is 112 Å². The fraction of sp³-hybridized carbons (Fsp3) is 0.467. The van der Waals surface area contributed by atoms with Crippen LogP contribution in [0.3, 0.4) is 0 Å². The van der Waals surface area contributed by atoms with Gasteiger partial charge in [-0.05, 0) is 26.3 Å². The maximum absolute atomic E-state index is 11.8. The fourth-order valence-corrected chi connectivity index (χ4v) is 3.47. The van der Waals surface area contributed by atoms with Crippen molar-refractivity contribution < 1.29 is 14.3 Å². The molecule has 1 saturated heterocycles. The van der Waals surface area contributed by atoms with Crippen LogP contribution in [0.5, 0.6) is 5.75 Å². The monoisotopic (exact) mass is 259 g/mol. The molecule has 19 heavy (non-hydrogen) atoms.